The average molecular weight is 495 g/mol. The number of benzene rings is 2. The van der Waals surface area contributed by atoms with Gasteiger partial charge in [-0.25, -0.2) is 4.39 Å². The fraction of sp³-hybridized carbons (Fsp3) is 0.409. The zero-order valence-electron chi connectivity index (χ0n) is 15.9. The quantitative estimate of drug-likeness (QED) is 0.376. The van der Waals surface area contributed by atoms with Crippen molar-refractivity contribution in [1.29, 1.82) is 0 Å². The molecule has 0 atom stereocenters. The fourth-order valence-electron chi connectivity index (χ4n) is 4.19. The normalized spacial score (nSPS) is 18.2. The molecule has 0 aromatic heterocycles. The van der Waals surface area contributed by atoms with Crippen LogP contribution in [0.25, 0.3) is 0 Å². The lowest BCUT2D eigenvalue weighted by Crippen LogP contribution is -2.38. The van der Waals surface area contributed by atoms with Crippen molar-refractivity contribution in [2.24, 2.45) is 10.7 Å². The third-order valence-corrected chi connectivity index (χ3v) is 5.81. The van der Waals surface area contributed by atoms with E-state index in [2.05, 4.69) is 28.5 Å². The predicted molar refractivity (Wildman–Crippen MR) is 122 cm³/mol. The van der Waals surface area contributed by atoms with E-state index in [0.717, 1.165) is 36.9 Å². The van der Waals surface area contributed by atoms with Gasteiger partial charge in [-0.2, -0.15) is 0 Å². The number of aliphatic imine (C=N–C) groups is 1. The highest BCUT2D eigenvalue weighted by Gasteiger charge is 2.34. The highest BCUT2D eigenvalue weighted by molar-refractivity contribution is 14.0. The van der Waals surface area contributed by atoms with Crippen molar-refractivity contribution in [3.63, 3.8) is 0 Å². The molecule has 0 saturated carbocycles. The van der Waals surface area contributed by atoms with Crippen LogP contribution in [0.3, 0.4) is 0 Å². The van der Waals surface area contributed by atoms with Crippen LogP contribution in [0.4, 0.5) is 10.1 Å². The lowest BCUT2D eigenvalue weighted by atomic mass is 9.74. The number of rotatable bonds is 4. The molecule has 1 fully saturated rings. The third-order valence-electron chi connectivity index (χ3n) is 5.81. The van der Waals surface area contributed by atoms with E-state index in [1.54, 1.807) is 12.1 Å². The summed E-state index contributed by atoms with van der Waals surface area (Å²) in [5.41, 5.74) is 10.7. The van der Waals surface area contributed by atoms with Gasteiger partial charge < -0.3 is 15.8 Å². The van der Waals surface area contributed by atoms with Crippen LogP contribution in [-0.2, 0) is 23.0 Å². The molecule has 28 heavy (non-hydrogen) atoms. The average Bonchev–Trinajstić information content (AvgIpc) is 3.15. The smallest absolute Gasteiger partial charge is 0.193 e. The van der Waals surface area contributed by atoms with Gasteiger partial charge in [0.15, 0.2) is 5.96 Å². The van der Waals surface area contributed by atoms with E-state index in [-0.39, 0.29) is 35.2 Å². The number of nitrogens with zero attached hydrogens (tertiary/aromatic N) is 1. The third kappa shape index (κ3) is 4.66. The van der Waals surface area contributed by atoms with Crippen LogP contribution in [-0.4, -0.2) is 25.7 Å². The molecule has 2 aliphatic rings. The largest absolute Gasteiger partial charge is 0.381 e. The number of nitrogens with two attached hydrogens (primary N) is 1. The Hall–Kier alpha value is -1.67. The SMILES string of the molecule is I.NC(=NCC1(c2cccc(F)c2)CCOCC1)Nc1ccc2c(c1)CCC2. The summed E-state index contributed by atoms with van der Waals surface area (Å²) in [4.78, 5) is 4.62. The van der Waals surface area contributed by atoms with Gasteiger partial charge >= 0.3 is 0 Å². The Morgan fingerprint density at radius 3 is 2.68 bits per heavy atom. The first-order valence-corrected chi connectivity index (χ1v) is 9.67. The van der Waals surface area contributed by atoms with Crippen LogP contribution in [0.15, 0.2) is 47.5 Å². The molecule has 0 amide bonds. The van der Waals surface area contributed by atoms with Gasteiger partial charge in [0.2, 0.25) is 0 Å². The van der Waals surface area contributed by atoms with Gasteiger partial charge in [0, 0.05) is 24.3 Å². The Morgan fingerprint density at radius 2 is 1.89 bits per heavy atom. The molecule has 4 rings (SSSR count). The summed E-state index contributed by atoms with van der Waals surface area (Å²) >= 11 is 0. The molecule has 0 spiro atoms. The van der Waals surface area contributed by atoms with Crippen molar-refractivity contribution in [3.8, 4) is 0 Å². The second-order valence-corrected chi connectivity index (χ2v) is 7.57. The summed E-state index contributed by atoms with van der Waals surface area (Å²) in [6.07, 6.45) is 5.14. The zero-order valence-corrected chi connectivity index (χ0v) is 18.2. The summed E-state index contributed by atoms with van der Waals surface area (Å²) in [5, 5.41) is 3.21. The standard InChI is InChI=1S/C22H26FN3O.HI/c23-19-6-2-5-18(14-19)22(9-11-27-12-10-22)15-25-21(24)26-20-8-7-16-3-1-4-17(16)13-20;/h2,5-8,13-14H,1,3-4,9-12,15H2,(H3,24,25,26);1H. The molecule has 2 aromatic carbocycles. The predicted octanol–water partition coefficient (Wildman–Crippen LogP) is 4.41. The molecule has 4 nitrogen and oxygen atoms in total. The molecule has 1 aliphatic heterocycles. The number of halogens is 2. The van der Waals surface area contributed by atoms with E-state index in [4.69, 9.17) is 10.5 Å². The molecule has 6 heteroatoms. The molecule has 1 saturated heterocycles. The fourth-order valence-corrected chi connectivity index (χ4v) is 4.19. The van der Waals surface area contributed by atoms with Crippen LogP contribution >= 0.6 is 24.0 Å². The molecule has 1 aliphatic carbocycles. The number of fused-ring (bicyclic) bond motifs is 1. The number of hydrogen-bond donors (Lipinski definition) is 2. The molecule has 150 valence electrons. The highest BCUT2D eigenvalue weighted by atomic mass is 127. The number of hydrogen-bond acceptors (Lipinski definition) is 2. The minimum Gasteiger partial charge on any atom is -0.381 e. The number of ether oxygens (including phenoxy) is 1. The van der Waals surface area contributed by atoms with E-state index >= 15 is 0 Å². The van der Waals surface area contributed by atoms with Crippen LogP contribution in [0, 0.1) is 5.82 Å². The molecule has 0 bridgehead atoms. The molecule has 0 radical (unpaired) electrons. The van der Waals surface area contributed by atoms with Crippen LogP contribution in [0.2, 0.25) is 0 Å². The van der Waals surface area contributed by atoms with Gasteiger partial charge in [-0.15, -0.1) is 24.0 Å². The van der Waals surface area contributed by atoms with Gasteiger partial charge in [-0.05, 0) is 73.1 Å². The molecule has 0 unspecified atom stereocenters. The van der Waals surface area contributed by atoms with E-state index in [9.17, 15) is 4.39 Å². The van der Waals surface area contributed by atoms with Gasteiger partial charge in [-0.1, -0.05) is 18.2 Å². The maximum absolute atomic E-state index is 13.8. The first kappa shape index (κ1) is 21.0. The van der Waals surface area contributed by atoms with E-state index in [1.807, 2.05) is 6.07 Å². The number of aryl methyl sites for hydroxylation is 2. The summed E-state index contributed by atoms with van der Waals surface area (Å²) in [6, 6.07) is 13.2. The minimum absolute atomic E-state index is 0. The summed E-state index contributed by atoms with van der Waals surface area (Å²) < 4.78 is 19.3. The zero-order chi connectivity index (χ0) is 18.7. The van der Waals surface area contributed by atoms with Gasteiger partial charge in [-0.3, -0.25) is 4.99 Å². The van der Waals surface area contributed by atoms with Crippen LogP contribution in [0.5, 0.6) is 0 Å². The summed E-state index contributed by atoms with van der Waals surface area (Å²) in [7, 11) is 0. The van der Waals surface area contributed by atoms with Crippen LogP contribution < -0.4 is 11.1 Å². The summed E-state index contributed by atoms with van der Waals surface area (Å²) in [5.74, 6) is 0.182. The second-order valence-electron chi connectivity index (χ2n) is 7.57. The first-order chi connectivity index (χ1) is 13.1. The number of nitrogens with one attached hydrogen (secondary N) is 1. The topological polar surface area (TPSA) is 59.6 Å². The van der Waals surface area contributed by atoms with Crippen molar-refractivity contribution in [3.05, 3.63) is 65.0 Å². The Labute approximate surface area is 182 Å². The first-order valence-electron chi connectivity index (χ1n) is 9.67. The van der Waals surface area contributed by atoms with Crippen LogP contribution in [0.1, 0.15) is 36.0 Å². The monoisotopic (exact) mass is 495 g/mol. The highest BCUT2D eigenvalue weighted by Crippen LogP contribution is 2.35. The molecular weight excluding hydrogens is 468 g/mol. The van der Waals surface area contributed by atoms with Gasteiger partial charge in [0.25, 0.3) is 0 Å². The lowest BCUT2D eigenvalue weighted by Gasteiger charge is -2.36. The lowest BCUT2D eigenvalue weighted by molar-refractivity contribution is 0.0530. The Kier molecular flexibility index (Phi) is 6.93. The number of anilines is 1. The number of guanidine groups is 1. The minimum atomic E-state index is -0.232. The van der Waals surface area contributed by atoms with E-state index in [0.29, 0.717) is 25.7 Å². The van der Waals surface area contributed by atoms with Crippen molar-refractivity contribution in [1.82, 2.24) is 0 Å². The molecule has 2 aromatic rings. The Balaban J connectivity index is 0.00000225. The van der Waals surface area contributed by atoms with Gasteiger partial charge in [0.05, 0.1) is 6.54 Å². The summed E-state index contributed by atoms with van der Waals surface area (Å²) in [6.45, 7) is 1.83. The molecular formula is C22H27FIN3O. The maximum atomic E-state index is 13.8. The van der Waals surface area contributed by atoms with Crippen molar-refractivity contribution < 1.29 is 9.13 Å². The Morgan fingerprint density at radius 1 is 1.11 bits per heavy atom. The molecule has 3 N–H and O–H groups in total. The maximum Gasteiger partial charge on any atom is 0.193 e. The second kappa shape index (κ2) is 9.22. The Bertz CT molecular complexity index is 849. The van der Waals surface area contributed by atoms with Crippen molar-refractivity contribution in [2.75, 3.05) is 25.1 Å². The van der Waals surface area contributed by atoms with Gasteiger partial charge in [0.1, 0.15) is 5.82 Å². The van der Waals surface area contributed by atoms with E-state index < -0.39 is 0 Å². The van der Waals surface area contributed by atoms with Crippen molar-refractivity contribution >= 4 is 35.6 Å². The van der Waals surface area contributed by atoms with Crippen molar-refractivity contribution in [2.45, 2.75) is 37.5 Å². The van der Waals surface area contributed by atoms with E-state index in [1.165, 1.54) is 23.6 Å². The molecule has 1 heterocycles.